The Bertz CT molecular complexity index is 945. The van der Waals surface area contributed by atoms with E-state index in [0.29, 0.717) is 11.4 Å². The van der Waals surface area contributed by atoms with Gasteiger partial charge in [0.15, 0.2) is 0 Å². The van der Waals surface area contributed by atoms with Crippen LogP contribution in [0, 0.1) is 5.92 Å². The number of nitrogens with zero attached hydrogens (tertiary/aromatic N) is 2. The number of nitrogens with one attached hydrogen (secondary N) is 5. The summed E-state index contributed by atoms with van der Waals surface area (Å²) in [5.41, 5.74) is 7.13. The van der Waals surface area contributed by atoms with E-state index in [-0.39, 0.29) is 25.2 Å². The second kappa shape index (κ2) is 12.5. The monoisotopic (exact) mass is 476 g/mol. The molecule has 0 aliphatic rings. The maximum Gasteiger partial charge on any atom is 0.326 e. The third kappa shape index (κ3) is 8.31. The molecular weight excluding hydrogens is 444 g/mol. The van der Waals surface area contributed by atoms with E-state index in [1.165, 1.54) is 25.8 Å². The van der Waals surface area contributed by atoms with Crippen molar-refractivity contribution in [1.29, 1.82) is 0 Å². The van der Waals surface area contributed by atoms with E-state index in [9.17, 15) is 24.3 Å². The zero-order valence-corrected chi connectivity index (χ0v) is 19.4. The minimum Gasteiger partial charge on any atom is -0.480 e. The van der Waals surface area contributed by atoms with Gasteiger partial charge in [-0.15, -0.1) is 0 Å². The number of aliphatic carboxylic acids is 1. The Balaban J connectivity index is 2.02. The maximum atomic E-state index is 12.9. The van der Waals surface area contributed by atoms with E-state index in [4.69, 9.17) is 5.73 Å². The number of carbonyl (C=O) groups is 4. The standard InChI is InChI=1S/C21H32N8O5/c1-11(2)4-17(21(33)34)29-20(32)16(6-14-8-24-10-26-14)28-18(30)12(3)27-19(31)15(22)5-13-7-23-9-25-13/h7-12,15-17H,4-6,22H2,1-3H3,(H,23,25)(H,24,26)(H,27,31)(H,28,30)(H,29,32)(H,33,34). The van der Waals surface area contributed by atoms with Crippen molar-refractivity contribution in [2.24, 2.45) is 11.7 Å². The van der Waals surface area contributed by atoms with Gasteiger partial charge in [-0.1, -0.05) is 13.8 Å². The molecule has 0 bridgehead atoms. The number of nitrogens with two attached hydrogens (primary N) is 1. The van der Waals surface area contributed by atoms with E-state index >= 15 is 0 Å². The first kappa shape index (κ1) is 26.5. The first-order valence-electron chi connectivity index (χ1n) is 10.9. The number of hydrogen-bond donors (Lipinski definition) is 7. The molecule has 3 amide bonds. The summed E-state index contributed by atoms with van der Waals surface area (Å²) >= 11 is 0. The molecule has 8 N–H and O–H groups in total. The fourth-order valence-electron chi connectivity index (χ4n) is 3.20. The molecular formula is C21H32N8O5. The van der Waals surface area contributed by atoms with Crippen LogP contribution in [0.5, 0.6) is 0 Å². The molecule has 0 saturated carbocycles. The lowest BCUT2D eigenvalue weighted by Crippen LogP contribution is -2.57. The normalized spacial score (nSPS) is 14.6. The van der Waals surface area contributed by atoms with Crippen molar-refractivity contribution in [1.82, 2.24) is 35.9 Å². The van der Waals surface area contributed by atoms with Crippen molar-refractivity contribution < 1.29 is 24.3 Å². The Kier molecular flexibility index (Phi) is 9.74. The summed E-state index contributed by atoms with van der Waals surface area (Å²) in [4.78, 5) is 63.0. The Morgan fingerprint density at radius 2 is 1.44 bits per heavy atom. The summed E-state index contributed by atoms with van der Waals surface area (Å²) in [7, 11) is 0. The van der Waals surface area contributed by atoms with Gasteiger partial charge >= 0.3 is 5.97 Å². The molecule has 0 spiro atoms. The highest BCUT2D eigenvalue weighted by molar-refractivity contribution is 5.94. The van der Waals surface area contributed by atoms with Gasteiger partial charge in [0.1, 0.15) is 18.1 Å². The number of carbonyl (C=O) groups excluding carboxylic acids is 3. The number of amides is 3. The van der Waals surface area contributed by atoms with Crippen LogP contribution in [0.25, 0.3) is 0 Å². The van der Waals surface area contributed by atoms with Gasteiger partial charge in [-0.25, -0.2) is 14.8 Å². The average Bonchev–Trinajstić information content (AvgIpc) is 3.46. The van der Waals surface area contributed by atoms with Gasteiger partial charge < -0.3 is 36.8 Å². The van der Waals surface area contributed by atoms with Gasteiger partial charge in [-0.3, -0.25) is 14.4 Å². The summed E-state index contributed by atoms with van der Waals surface area (Å²) in [5, 5.41) is 17.0. The number of aromatic amines is 2. The molecule has 0 fully saturated rings. The zero-order chi connectivity index (χ0) is 25.3. The van der Waals surface area contributed by atoms with E-state index < -0.39 is 47.9 Å². The molecule has 0 aliphatic carbocycles. The summed E-state index contributed by atoms with van der Waals surface area (Å²) in [6.07, 6.45) is 6.42. The Morgan fingerprint density at radius 1 is 0.882 bits per heavy atom. The Labute approximate surface area is 196 Å². The summed E-state index contributed by atoms with van der Waals surface area (Å²) in [6.45, 7) is 5.14. The van der Waals surface area contributed by atoms with E-state index in [1.54, 1.807) is 6.20 Å². The summed E-state index contributed by atoms with van der Waals surface area (Å²) in [5.74, 6) is -2.97. The first-order chi connectivity index (χ1) is 16.1. The van der Waals surface area contributed by atoms with Crippen LogP contribution in [0.1, 0.15) is 38.6 Å². The number of imidazole rings is 2. The fraction of sp³-hybridized carbons (Fsp3) is 0.524. The van der Waals surface area contributed by atoms with Crippen molar-refractivity contribution >= 4 is 23.7 Å². The van der Waals surface area contributed by atoms with Crippen LogP contribution in [0.4, 0.5) is 0 Å². The second-order valence-corrected chi connectivity index (χ2v) is 8.49. The van der Waals surface area contributed by atoms with Gasteiger partial charge in [-0.05, 0) is 19.3 Å². The minimum atomic E-state index is -1.17. The lowest BCUT2D eigenvalue weighted by Gasteiger charge is -2.24. The summed E-state index contributed by atoms with van der Waals surface area (Å²) < 4.78 is 0. The van der Waals surface area contributed by atoms with E-state index in [2.05, 4.69) is 35.9 Å². The molecule has 0 aliphatic heterocycles. The van der Waals surface area contributed by atoms with Gasteiger partial charge in [0.2, 0.25) is 17.7 Å². The Morgan fingerprint density at radius 3 is 1.94 bits per heavy atom. The quantitative estimate of drug-likeness (QED) is 0.187. The average molecular weight is 477 g/mol. The van der Waals surface area contributed by atoms with Crippen LogP contribution in [-0.4, -0.2) is 72.9 Å². The van der Waals surface area contributed by atoms with E-state index in [0.717, 1.165) is 0 Å². The third-order valence-corrected chi connectivity index (χ3v) is 5.02. The second-order valence-electron chi connectivity index (χ2n) is 8.49. The van der Waals surface area contributed by atoms with Gasteiger partial charge in [0.05, 0.1) is 18.7 Å². The Hall–Kier alpha value is -3.74. The molecule has 2 aromatic rings. The lowest BCUT2D eigenvalue weighted by atomic mass is 10.0. The van der Waals surface area contributed by atoms with Crippen molar-refractivity contribution in [2.45, 2.75) is 64.2 Å². The SMILES string of the molecule is CC(C)CC(NC(=O)C(Cc1cnc[nH]1)NC(=O)C(C)NC(=O)C(N)Cc1cnc[nH]1)C(=O)O. The molecule has 2 rings (SSSR count). The molecule has 0 saturated heterocycles. The highest BCUT2D eigenvalue weighted by atomic mass is 16.4. The van der Waals surface area contributed by atoms with Crippen LogP contribution in [0.3, 0.4) is 0 Å². The highest BCUT2D eigenvalue weighted by Gasteiger charge is 2.29. The third-order valence-electron chi connectivity index (χ3n) is 5.02. The van der Waals surface area contributed by atoms with Gasteiger partial charge in [0, 0.05) is 36.6 Å². The number of rotatable bonds is 13. The molecule has 2 heterocycles. The maximum absolute atomic E-state index is 12.9. The molecule has 0 aromatic carbocycles. The first-order valence-corrected chi connectivity index (χ1v) is 10.9. The number of carboxylic acids is 1. The van der Waals surface area contributed by atoms with Crippen LogP contribution >= 0.6 is 0 Å². The molecule has 2 aromatic heterocycles. The molecule has 4 unspecified atom stereocenters. The van der Waals surface area contributed by atoms with Crippen LogP contribution in [0.15, 0.2) is 25.0 Å². The molecule has 186 valence electrons. The molecule has 13 nitrogen and oxygen atoms in total. The van der Waals surface area contributed by atoms with Crippen molar-refractivity contribution in [2.75, 3.05) is 0 Å². The molecule has 4 atom stereocenters. The number of aromatic nitrogens is 4. The highest BCUT2D eigenvalue weighted by Crippen LogP contribution is 2.07. The molecule has 13 heteroatoms. The predicted octanol–water partition coefficient (Wildman–Crippen LogP) is -1.15. The summed E-state index contributed by atoms with van der Waals surface area (Å²) in [6, 6.07) is -4.11. The smallest absolute Gasteiger partial charge is 0.326 e. The topological polar surface area (TPSA) is 208 Å². The van der Waals surface area contributed by atoms with Crippen molar-refractivity contribution in [3.8, 4) is 0 Å². The van der Waals surface area contributed by atoms with Crippen molar-refractivity contribution in [3.63, 3.8) is 0 Å². The lowest BCUT2D eigenvalue weighted by molar-refractivity contribution is -0.142. The molecule has 34 heavy (non-hydrogen) atoms. The van der Waals surface area contributed by atoms with Gasteiger partial charge in [0.25, 0.3) is 0 Å². The largest absolute Gasteiger partial charge is 0.480 e. The van der Waals surface area contributed by atoms with Gasteiger partial charge in [-0.2, -0.15) is 0 Å². The fourth-order valence-corrected chi connectivity index (χ4v) is 3.20. The van der Waals surface area contributed by atoms with Crippen LogP contribution < -0.4 is 21.7 Å². The zero-order valence-electron chi connectivity index (χ0n) is 19.4. The van der Waals surface area contributed by atoms with Crippen molar-refractivity contribution in [3.05, 3.63) is 36.4 Å². The predicted molar refractivity (Wildman–Crippen MR) is 121 cm³/mol. The number of H-pyrrole nitrogens is 2. The minimum absolute atomic E-state index is 0.0308. The van der Waals surface area contributed by atoms with E-state index in [1.807, 2.05) is 13.8 Å². The molecule has 0 radical (unpaired) electrons. The van der Waals surface area contributed by atoms with Crippen LogP contribution in [-0.2, 0) is 32.0 Å². The number of hydrogen-bond acceptors (Lipinski definition) is 7. The number of carboxylic acid groups (broad SMARTS) is 1. The van der Waals surface area contributed by atoms with Crippen LogP contribution in [0.2, 0.25) is 0 Å².